The standard InChI is InChI=1S/C43H33N3/c1-43(2,3)33-22-18-28(19-23-33)31-20-24-38-36(26-31)37-27-32(21-25-39(37)44-38)34-16-10-11-17-35(34)42-45-40(29-12-6-4-7-13-29)41(46-42)30-14-8-5-9-15-30/h4-27H,1-3H3/b34-32+. The number of hydrogen-bond donors (Lipinski definition) is 0. The topological polar surface area (TPSA) is 37.1 Å². The van der Waals surface area contributed by atoms with Crippen LogP contribution in [0.5, 0.6) is 0 Å². The lowest BCUT2D eigenvalue weighted by molar-refractivity contribution is 0.590. The van der Waals surface area contributed by atoms with E-state index in [0.29, 0.717) is 0 Å². The number of fused-ring (bicyclic) bond motifs is 3. The van der Waals surface area contributed by atoms with E-state index in [2.05, 4.69) is 130 Å². The molecule has 3 heteroatoms. The minimum atomic E-state index is 0.126. The molecule has 0 aliphatic carbocycles. The van der Waals surface area contributed by atoms with Gasteiger partial charge in [0.2, 0.25) is 0 Å². The Labute approximate surface area is 269 Å². The molecule has 220 valence electrons. The summed E-state index contributed by atoms with van der Waals surface area (Å²) in [5.74, 6) is 0.722. The number of rotatable bonds is 3. The molecule has 2 heterocycles. The summed E-state index contributed by atoms with van der Waals surface area (Å²) in [6.07, 6.45) is 0. The smallest absolute Gasteiger partial charge is 0.161 e. The van der Waals surface area contributed by atoms with E-state index in [0.717, 1.165) is 66.2 Å². The van der Waals surface area contributed by atoms with E-state index in [1.807, 2.05) is 36.4 Å². The third-order valence-corrected chi connectivity index (χ3v) is 8.84. The predicted molar refractivity (Wildman–Crippen MR) is 190 cm³/mol. The SMILES string of the molecule is CC(C)(C)c1ccc(-c2ccc3c(c2)-c2c/c(=c4\ccccc4=C4N=C(c5ccccc5)C(c5ccccc5)=N4)ccc2=N3)cc1. The molecule has 0 bridgehead atoms. The van der Waals surface area contributed by atoms with Crippen molar-refractivity contribution in [3.05, 3.63) is 183 Å². The van der Waals surface area contributed by atoms with Gasteiger partial charge in [0.15, 0.2) is 5.82 Å². The number of nitrogens with zero attached hydrogens (tertiary/aromatic N) is 3. The van der Waals surface area contributed by atoms with Crippen LogP contribution in [-0.4, -0.2) is 11.4 Å². The largest absolute Gasteiger partial charge is 0.248 e. The monoisotopic (exact) mass is 591 g/mol. The Hall–Kier alpha value is -5.67. The van der Waals surface area contributed by atoms with Crippen LogP contribution in [-0.2, 0) is 5.41 Å². The summed E-state index contributed by atoms with van der Waals surface area (Å²) in [4.78, 5) is 15.3. The normalized spacial score (nSPS) is 14.3. The molecule has 6 aromatic carbocycles. The molecule has 0 N–H and O–H groups in total. The second-order valence-electron chi connectivity index (χ2n) is 12.9. The van der Waals surface area contributed by atoms with E-state index in [1.165, 1.54) is 16.7 Å². The van der Waals surface area contributed by atoms with Gasteiger partial charge in [-0.2, -0.15) is 0 Å². The summed E-state index contributed by atoms with van der Waals surface area (Å²) in [6.45, 7) is 6.75. The molecule has 0 atom stereocenters. The molecule has 0 saturated heterocycles. The molecule has 0 radical (unpaired) electrons. The van der Waals surface area contributed by atoms with Gasteiger partial charge in [-0.1, -0.05) is 142 Å². The maximum atomic E-state index is 5.16. The summed E-state index contributed by atoms with van der Waals surface area (Å²) in [6, 6.07) is 51.2. The van der Waals surface area contributed by atoms with Crippen LogP contribution in [0.4, 0.5) is 5.69 Å². The molecular formula is C43H33N3. The van der Waals surface area contributed by atoms with Gasteiger partial charge >= 0.3 is 0 Å². The maximum absolute atomic E-state index is 5.16. The minimum absolute atomic E-state index is 0.126. The molecule has 6 aromatic rings. The van der Waals surface area contributed by atoms with E-state index < -0.39 is 0 Å². The van der Waals surface area contributed by atoms with Crippen LogP contribution in [0.1, 0.15) is 37.5 Å². The fraction of sp³-hybridized carbons (Fsp3) is 0.0930. The van der Waals surface area contributed by atoms with Crippen LogP contribution >= 0.6 is 0 Å². The molecule has 3 nitrogen and oxygen atoms in total. The highest BCUT2D eigenvalue weighted by Crippen LogP contribution is 2.37. The minimum Gasteiger partial charge on any atom is -0.248 e. The second-order valence-corrected chi connectivity index (χ2v) is 12.9. The highest BCUT2D eigenvalue weighted by molar-refractivity contribution is 6.56. The van der Waals surface area contributed by atoms with E-state index in [-0.39, 0.29) is 5.41 Å². The van der Waals surface area contributed by atoms with Crippen molar-refractivity contribution >= 4 is 22.9 Å². The van der Waals surface area contributed by atoms with Gasteiger partial charge in [0.05, 0.1) is 22.5 Å². The first-order chi connectivity index (χ1) is 22.4. The van der Waals surface area contributed by atoms with Crippen LogP contribution < -0.4 is 10.6 Å². The Morgan fingerprint density at radius 1 is 0.435 bits per heavy atom. The van der Waals surface area contributed by atoms with Gasteiger partial charge < -0.3 is 0 Å². The third-order valence-electron chi connectivity index (χ3n) is 8.84. The highest BCUT2D eigenvalue weighted by atomic mass is 15.0. The van der Waals surface area contributed by atoms with Crippen LogP contribution in [0, 0.1) is 10.4 Å². The molecule has 8 rings (SSSR count). The molecule has 2 aliphatic heterocycles. The molecule has 0 fully saturated rings. The Bertz CT molecular complexity index is 2360. The molecule has 0 aromatic heterocycles. The van der Waals surface area contributed by atoms with E-state index in [4.69, 9.17) is 15.0 Å². The third kappa shape index (κ3) is 5.00. The molecule has 0 amide bonds. The van der Waals surface area contributed by atoms with E-state index >= 15 is 0 Å². The molecule has 0 spiro atoms. The lowest BCUT2D eigenvalue weighted by atomic mass is 9.86. The number of benzene rings is 6. The van der Waals surface area contributed by atoms with E-state index in [9.17, 15) is 0 Å². The highest BCUT2D eigenvalue weighted by Gasteiger charge is 2.21. The quantitative estimate of drug-likeness (QED) is 0.197. The van der Waals surface area contributed by atoms with Crippen molar-refractivity contribution in [1.82, 2.24) is 0 Å². The van der Waals surface area contributed by atoms with Crippen molar-refractivity contribution in [1.29, 1.82) is 0 Å². The van der Waals surface area contributed by atoms with Crippen LogP contribution in [0.25, 0.3) is 28.1 Å². The Morgan fingerprint density at radius 3 is 1.65 bits per heavy atom. The van der Waals surface area contributed by atoms with Crippen LogP contribution in [0.15, 0.2) is 161 Å². The van der Waals surface area contributed by atoms with Crippen molar-refractivity contribution < 1.29 is 0 Å². The Balaban J connectivity index is 1.30. The van der Waals surface area contributed by atoms with Crippen LogP contribution in [0.3, 0.4) is 0 Å². The molecular weight excluding hydrogens is 558 g/mol. The van der Waals surface area contributed by atoms with Crippen molar-refractivity contribution in [3.63, 3.8) is 0 Å². The van der Waals surface area contributed by atoms with E-state index in [1.54, 1.807) is 0 Å². The Morgan fingerprint density at radius 2 is 1.02 bits per heavy atom. The summed E-state index contributed by atoms with van der Waals surface area (Å²) in [5.41, 5.74) is 11.1. The van der Waals surface area contributed by atoms with Gasteiger partial charge in [-0.3, -0.25) is 0 Å². The number of hydrogen-bond acceptors (Lipinski definition) is 3. The van der Waals surface area contributed by atoms with Crippen molar-refractivity contribution in [2.24, 2.45) is 15.0 Å². The first-order valence-electron chi connectivity index (χ1n) is 15.8. The molecule has 46 heavy (non-hydrogen) atoms. The first-order valence-corrected chi connectivity index (χ1v) is 15.8. The fourth-order valence-electron chi connectivity index (χ4n) is 6.33. The van der Waals surface area contributed by atoms with Gasteiger partial charge in [0.25, 0.3) is 0 Å². The summed E-state index contributed by atoms with van der Waals surface area (Å²) >= 11 is 0. The molecule has 2 aliphatic rings. The molecule has 0 unspecified atom stereocenters. The van der Waals surface area contributed by atoms with Crippen LogP contribution in [0.2, 0.25) is 0 Å². The zero-order chi connectivity index (χ0) is 31.3. The summed E-state index contributed by atoms with van der Waals surface area (Å²) < 4.78 is 0. The van der Waals surface area contributed by atoms with Gasteiger partial charge in [-0.15, -0.1) is 0 Å². The average molecular weight is 592 g/mol. The lowest BCUT2D eigenvalue weighted by Crippen LogP contribution is -2.13. The zero-order valence-electron chi connectivity index (χ0n) is 26.2. The fourth-order valence-corrected chi connectivity index (χ4v) is 6.33. The summed E-state index contributed by atoms with van der Waals surface area (Å²) in [7, 11) is 0. The predicted octanol–water partition coefficient (Wildman–Crippen LogP) is 8.93. The van der Waals surface area contributed by atoms with Crippen molar-refractivity contribution in [2.45, 2.75) is 26.2 Å². The molecule has 0 saturated carbocycles. The first kappa shape index (κ1) is 27.8. The lowest BCUT2D eigenvalue weighted by Gasteiger charge is -2.19. The maximum Gasteiger partial charge on any atom is 0.161 e. The van der Waals surface area contributed by atoms with Crippen molar-refractivity contribution in [2.75, 3.05) is 0 Å². The average Bonchev–Trinajstić information content (AvgIpc) is 3.70. The van der Waals surface area contributed by atoms with Crippen molar-refractivity contribution in [3.8, 4) is 22.3 Å². The zero-order valence-corrected chi connectivity index (χ0v) is 26.2. The summed E-state index contributed by atoms with van der Waals surface area (Å²) in [5, 5.41) is 4.21. The van der Waals surface area contributed by atoms with Gasteiger partial charge in [0.1, 0.15) is 0 Å². The Kier molecular flexibility index (Phi) is 6.69. The number of aliphatic imine (C=N–C) groups is 2. The van der Waals surface area contributed by atoms with Gasteiger partial charge in [0, 0.05) is 27.5 Å². The van der Waals surface area contributed by atoms with Gasteiger partial charge in [-0.25, -0.2) is 15.0 Å². The van der Waals surface area contributed by atoms with Gasteiger partial charge in [-0.05, 0) is 56.8 Å². The second kappa shape index (κ2) is 11.0.